The molecule has 19 heavy (non-hydrogen) atoms. The Labute approximate surface area is 113 Å². The highest BCUT2D eigenvalue weighted by Gasteiger charge is 2.27. The maximum atomic E-state index is 11.3. The van der Waals surface area contributed by atoms with Crippen molar-refractivity contribution in [1.82, 2.24) is 0 Å². The number of carbonyl (C=O) groups is 1. The normalized spacial score (nSPS) is 14.1. The van der Waals surface area contributed by atoms with E-state index >= 15 is 0 Å². The van der Waals surface area contributed by atoms with Crippen molar-refractivity contribution in [2.45, 2.75) is 45.8 Å². The number of carbonyl (C=O) groups excluding carboxylic acids is 1. The summed E-state index contributed by atoms with van der Waals surface area (Å²) >= 11 is 0. The first-order chi connectivity index (χ1) is 8.64. The Bertz CT molecular complexity index is 271. The molecule has 0 radical (unpaired) electrons. The Morgan fingerprint density at radius 2 is 1.74 bits per heavy atom. The lowest BCUT2D eigenvalue weighted by molar-refractivity contribution is -0.322. The molecule has 0 heterocycles. The first-order valence-electron chi connectivity index (χ1n) is 6.06. The lowest BCUT2D eigenvalue weighted by Gasteiger charge is -2.25. The second kappa shape index (κ2) is 7.64. The van der Waals surface area contributed by atoms with Gasteiger partial charge >= 0.3 is 6.16 Å². The van der Waals surface area contributed by atoms with Gasteiger partial charge in [0.1, 0.15) is 12.2 Å². The van der Waals surface area contributed by atoms with E-state index in [9.17, 15) is 9.90 Å². The molecule has 0 rings (SSSR count). The van der Waals surface area contributed by atoms with Gasteiger partial charge in [-0.05, 0) is 20.8 Å². The van der Waals surface area contributed by atoms with Crippen molar-refractivity contribution in [3.63, 3.8) is 0 Å². The van der Waals surface area contributed by atoms with Crippen LogP contribution >= 0.6 is 0 Å². The van der Waals surface area contributed by atoms with E-state index in [1.807, 2.05) is 0 Å². The number of hydrogen-bond donors (Lipinski definition) is 3. The van der Waals surface area contributed by atoms with Crippen LogP contribution in [0, 0.1) is 5.41 Å². The topological polar surface area (TPSA) is 105 Å². The first kappa shape index (κ1) is 18.1. The van der Waals surface area contributed by atoms with Gasteiger partial charge in [-0.2, -0.15) is 4.89 Å². The summed E-state index contributed by atoms with van der Waals surface area (Å²) < 4.78 is 4.72. The molecule has 7 heteroatoms. The summed E-state index contributed by atoms with van der Waals surface area (Å²) in [6, 6.07) is 0. The van der Waals surface area contributed by atoms with Gasteiger partial charge in [0.05, 0.1) is 19.3 Å². The molecule has 0 aliphatic rings. The molecule has 7 nitrogen and oxygen atoms in total. The summed E-state index contributed by atoms with van der Waals surface area (Å²) in [5.41, 5.74) is -1.77. The van der Waals surface area contributed by atoms with Crippen LogP contribution in [-0.2, 0) is 14.5 Å². The number of hydrogen-bond acceptors (Lipinski definition) is 7. The van der Waals surface area contributed by atoms with E-state index in [1.165, 1.54) is 0 Å². The average Bonchev–Trinajstić information content (AvgIpc) is 2.32. The number of aliphatic hydroxyl groups is 3. The highest BCUT2D eigenvalue weighted by atomic mass is 17.2. The smallest absolute Gasteiger partial charge is 0.432 e. The second-order valence-electron chi connectivity index (χ2n) is 5.65. The molecular formula is C12H24O7. The predicted molar refractivity (Wildman–Crippen MR) is 66.2 cm³/mol. The van der Waals surface area contributed by atoms with Crippen molar-refractivity contribution in [3.05, 3.63) is 0 Å². The van der Waals surface area contributed by atoms with E-state index in [0.717, 1.165) is 0 Å². The second-order valence-corrected chi connectivity index (χ2v) is 5.65. The summed E-state index contributed by atoms with van der Waals surface area (Å²) in [6.45, 7) is 5.60. The number of rotatable bonds is 8. The highest BCUT2D eigenvalue weighted by molar-refractivity contribution is 5.59. The monoisotopic (exact) mass is 280 g/mol. The lowest BCUT2D eigenvalue weighted by atomic mass is 9.95. The maximum Gasteiger partial charge on any atom is 0.540 e. The summed E-state index contributed by atoms with van der Waals surface area (Å²) in [4.78, 5) is 20.6. The third-order valence-corrected chi connectivity index (χ3v) is 2.42. The van der Waals surface area contributed by atoms with Gasteiger partial charge in [0.25, 0.3) is 0 Å². The van der Waals surface area contributed by atoms with Gasteiger partial charge in [-0.25, -0.2) is 4.79 Å². The minimum absolute atomic E-state index is 0.195. The van der Waals surface area contributed by atoms with Crippen LogP contribution in [0.4, 0.5) is 4.79 Å². The molecule has 0 spiro atoms. The van der Waals surface area contributed by atoms with Crippen LogP contribution in [0.1, 0.15) is 34.1 Å². The molecule has 0 aromatic carbocycles. The molecule has 0 aliphatic carbocycles. The van der Waals surface area contributed by atoms with Crippen molar-refractivity contribution in [2.24, 2.45) is 5.41 Å². The summed E-state index contributed by atoms with van der Waals surface area (Å²) in [7, 11) is 0. The Morgan fingerprint density at radius 1 is 1.21 bits per heavy atom. The van der Waals surface area contributed by atoms with E-state index in [1.54, 1.807) is 27.7 Å². The molecule has 1 atom stereocenters. The average molecular weight is 280 g/mol. The standard InChI is InChI=1S/C12H24O7/c1-9(15)5-11(2,3)19-18-10(16)17-8-12(4,6-13)7-14/h9,13-15H,5-8H2,1-4H3. The van der Waals surface area contributed by atoms with Crippen molar-refractivity contribution in [2.75, 3.05) is 19.8 Å². The summed E-state index contributed by atoms with van der Waals surface area (Å²) in [5, 5.41) is 27.2. The van der Waals surface area contributed by atoms with E-state index in [0.29, 0.717) is 0 Å². The highest BCUT2D eigenvalue weighted by Crippen LogP contribution is 2.18. The van der Waals surface area contributed by atoms with Gasteiger partial charge in [-0.3, -0.25) is 4.89 Å². The zero-order valence-electron chi connectivity index (χ0n) is 11.9. The Morgan fingerprint density at radius 3 is 2.16 bits per heavy atom. The van der Waals surface area contributed by atoms with E-state index in [4.69, 9.17) is 19.8 Å². The van der Waals surface area contributed by atoms with E-state index < -0.39 is 23.3 Å². The van der Waals surface area contributed by atoms with E-state index in [-0.39, 0.29) is 26.2 Å². The summed E-state index contributed by atoms with van der Waals surface area (Å²) in [6.07, 6.45) is -1.38. The maximum absolute atomic E-state index is 11.3. The largest absolute Gasteiger partial charge is 0.540 e. The van der Waals surface area contributed by atoms with Gasteiger partial charge in [-0.1, -0.05) is 6.92 Å². The number of ether oxygens (including phenoxy) is 1. The van der Waals surface area contributed by atoms with Crippen LogP contribution in [0.25, 0.3) is 0 Å². The van der Waals surface area contributed by atoms with Crippen molar-refractivity contribution in [1.29, 1.82) is 0 Å². The van der Waals surface area contributed by atoms with Crippen LogP contribution in [0.15, 0.2) is 0 Å². The van der Waals surface area contributed by atoms with Crippen LogP contribution in [0.2, 0.25) is 0 Å². The Kier molecular flexibility index (Phi) is 7.28. The number of aliphatic hydroxyl groups excluding tert-OH is 3. The van der Waals surface area contributed by atoms with Crippen LogP contribution in [-0.4, -0.2) is 53.0 Å². The molecule has 0 amide bonds. The Hall–Kier alpha value is -0.890. The van der Waals surface area contributed by atoms with Crippen molar-refractivity contribution in [3.8, 4) is 0 Å². The third kappa shape index (κ3) is 7.99. The molecule has 0 aromatic heterocycles. The molecule has 1 unspecified atom stereocenters. The molecule has 0 saturated carbocycles. The zero-order chi connectivity index (χ0) is 15.1. The zero-order valence-corrected chi connectivity index (χ0v) is 11.9. The molecule has 114 valence electrons. The third-order valence-electron chi connectivity index (χ3n) is 2.42. The van der Waals surface area contributed by atoms with Crippen molar-refractivity contribution >= 4 is 6.16 Å². The molecular weight excluding hydrogens is 256 g/mol. The fourth-order valence-electron chi connectivity index (χ4n) is 1.29. The fourth-order valence-corrected chi connectivity index (χ4v) is 1.29. The van der Waals surface area contributed by atoms with E-state index in [2.05, 4.69) is 4.89 Å². The van der Waals surface area contributed by atoms with Gasteiger partial charge in [-0.15, -0.1) is 0 Å². The minimum Gasteiger partial charge on any atom is -0.432 e. The molecule has 0 aliphatic heterocycles. The molecule has 3 N–H and O–H groups in total. The lowest BCUT2D eigenvalue weighted by Crippen LogP contribution is -2.34. The van der Waals surface area contributed by atoms with Crippen LogP contribution < -0.4 is 0 Å². The van der Waals surface area contributed by atoms with Gasteiger partial charge in [0.15, 0.2) is 0 Å². The van der Waals surface area contributed by atoms with Crippen LogP contribution in [0.3, 0.4) is 0 Å². The summed E-state index contributed by atoms with van der Waals surface area (Å²) in [5.74, 6) is 0. The van der Waals surface area contributed by atoms with Crippen LogP contribution in [0.5, 0.6) is 0 Å². The fraction of sp³-hybridized carbons (Fsp3) is 0.917. The molecule has 0 fully saturated rings. The first-order valence-corrected chi connectivity index (χ1v) is 6.06. The molecule has 0 aromatic rings. The quantitative estimate of drug-likeness (QED) is 0.340. The van der Waals surface area contributed by atoms with Gasteiger partial charge < -0.3 is 20.1 Å². The minimum atomic E-state index is -1.06. The van der Waals surface area contributed by atoms with Crippen molar-refractivity contribution < 1.29 is 34.6 Å². The van der Waals surface area contributed by atoms with Gasteiger partial charge in [0, 0.05) is 11.8 Å². The molecule has 0 bridgehead atoms. The Balaban J connectivity index is 4.06. The SMILES string of the molecule is CC(O)CC(C)(C)OOC(=O)OCC(C)(CO)CO. The molecule has 0 saturated heterocycles. The predicted octanol–water partition coefficient (Wildman–Crippen LogP) is 0.612. The van der Waals surface area contributed by atoms with Gasteiger partial charge in [0.2, 0.25) is 0 Å².